The number of nitrogens with one attached hydrogen (secondary N) is 1. The van der Waals surface area contributed by atoms with Gasteiger partial charge in [0.2, 0.25) is 0 Å². The monoisotopic (exact) mass is 290 g/mol. The summed E-state index contributed by atoms with van der Waals surface area (Å²) < 4.78 is 0. The Morgan fingerprint density at radius 1 is 1.09 bits per heavy atom. The van der Waals surface area contributed by atoms with Crippen molar-refractivity contribution in [1.82, 2.24) is 0 Å². The summed E-state index contributed by atoms with van der Waals surface area (Å²) in [5.41, 5.74) is 3.22. The van der Waals surface area contributed by atoms with Gasteiger partial charge in [0.25, 0.3) is 0 Å². The zero-order valence-corrected chi connectivity index (χ0v) is 12.0. The smallest absolute Gasteiger partial charge is 0.0736 e. The molecule has 4 rings (SSSR count). The van der Waals surface area contributed by atoms with Gasteiger partial charge >= 0.3 is 0 Å². The van der Waals surface area contributed by atoms with Crippen LogP contribution in [0.5, 0.6) is 0 Å². The second-order valence-corrected chi connectivity index (χ2v) is 5.94. The highest BCUT2D eigenvalue weighted by atomic mass is 16.4. The summed E-state index contributed by atoms with van der Waals surface area (Å²) in [6.07, 6.45) is 5.42. The van der Waals surface area contributed by atoms with Gasteiger partial charge in [0.15, 0.2) is 0 Å². The van der Waals surface area contributed by atoms with E-state index in [0.29, 0.717) is 11.6 Å². The maximum Gasteiger partial charge on any atom is 0.0736 e. The number of carboxylic acid groups (broad SMARTS) is 1. The summed E-state index contributed by atoms with van der Waals surface area (Å²) in [6.45, 7) is 0. The van der Waals surface area contributed by atoms with Crippen LogP contribution in [0.15, 0.2) is 60.7 Å². The van der Waals surface area contributed by atoms with Gasteiger partial charge < -0.3 is 15.2 Å². The van der Waals surface area contributed by atoms with E-state index in [1.807, 2.05) is 24.3 Å². The molecule has 110 valence electrons. The van der Waals surface area contributed by atoms with Crippen LogP contribution in [-0.4, -0.2) is 5.97 Å². The van der Waals surface area contributed by atoms with Crippen LogP contribution < -0.4 is 10.4 Å². The average molecular weight is 290 g/mol. The fraction of sp³-hybridized carbons (Fsp3) is 0.211. The molecule has 1 aliphatic heterocycles. The molecule has 0 bridgehead atoms. The highest BCUT2D eigenvalue weighted by Crippen LogP contribution is 2.50. The Hall–Kier alpha value is -2.55. The van der Waals surface area contributed by atoms with Gasteiger partial charge in [-0.15, -0.1) is 0 Å². The number of anilines is 1. The zero-order chi connectivity index (χ0) is 15.1. The Morgan fingerprint density at radius 3 is 2.68 bits per heavy atom. The molecule has 2 aliphatic rings. The van der Waals surface area contributed by atoms with Crippen LogP contribution >= 0.6 is 0 Å². The van der Waals surface area contributed by atoms with E-state index in [1.165, 1.54) is 5.56 Å². The molecule has 1 aliphatic carbocycles. The first kappa shape index (κ1) is 13.1. The number of carboxylic acids is 1. The standard InChI is InChI=1S/C19H17NO2/c21-19(22)16-11-5-10-15-13-8-4-9-14(13)17(20-18(15)16)12-6-2-1-3-7-12/h1-8,10-11,13-14,17,20H,9H2,(H,21,22)/p-1/t13-,14+,17-/m0/s1. The van der Waals surface area contributed by atoms with E-state index in [9.17, 15) is 9.90 Å². The van der Waals surface area contributed by atoms with E-state index >= 15 is 0 Å². The van der Waals surface area contributed by atoms with Gasteiger partial charge in [0.05, 0.1) is 12.0 Å². The van der Waals surface area contributed by atoms with E-state index in [1.54, 1.807) is 12.1 Å². The van der Waals surface area contributed by atoms with E-state index < -0.39 is 5.97 Å². The first-order valence-corrected chi connectivity index (χ1v) is 7.58. The maximum absolute atomic E-state index is 11.4. The van der Waals surface area contributed by atoms with Crippen LogP contribution in [0.2, 0.25) is 0 Å². The molecule has 3 heteroatoms. The first-order valence-electron chi connectivity index (χ1n) is 7.58. The van der Waals surface area contributed by atoms with Crippen molar-refractivity contribution < 1.29 is 9.90 Å². The van der Waals surface area contributed by atoms with Gasteiger partial charge in [-0.1, -0.05) is 60.7 Å². The predicted octanol–water partition coefficient (Wildman–Crippen LogP) is 2.88. The van der Waals surface area contributed by atoms with E-state index in [-0.39, 0.29) is 17.5 Å². The molecule has 3 atom stereocenters. The first-order chi connectivity index (χ1) is 10.8. The lowest BCUT2D eigenvalue weighted by Crippen LogP contribution is -2.32. The number of carbonyl (C=O) groups excluding carboxylic acids is 1. The molecule has 0 saturated carbocycles. The number of rotatable bonds is 2. The van der Waals surface area contributed by atoms with E-state index in [4.69, 9.17) is 0 Å². The van der Waals surface area contributed by atoms with Gasteiger partial charge in [0, 0.05) is 17.2 Å². The van der Waals surface area contributed by atoms with Crippen molar-refractivity contribution >= 4 is 11.7 Å². The topological polar surface area (TPSA) is 52.2 Å². The number of hydrogen-bond donors (Lipinski definition) is 1. The molecule has 0 spiro atoms. The van der Waals surface area contributed by atoms with Crippen molar-refractivity contribution in [1.29, 1.82) is 0 Å². The van der Waals surface area contributed by atoms with E-state index in [0.717, 1.165) is 12.0 Å². The second-order valence-electron chi connectivity index (χ2n) is 5.94. The van der Waals surface area contributed by atoms with Gasteiger partial charge in [-0.3, -0.25) is 0 Å². The number of benzene rings is 2. The molecule has 0 fully saturated rings. The second kappa shape index (κ2) is 5.02. The number of aromatic carboxylic acids is 1. The Kier molecular flexibility index (Phi) is 3.00. The van der Waals surface area contributed by atoms with Gasteiger partial charge in [-0.25, -0.2) is 0 Å². The largest absolute Gasteiger partial charge is 0.545 e. The molecule has 22 heavy (non-hydrogen) atoms. The predicted molar refractivity (Wildman–Crippen MR) is 83.6 cm³/mol. The summed E-state index contributed by atoms with van der Waals surface area (Å²) in [4.78, 5) is 11.4. The minimum absolute atomic E-state index is 0.120. The van der Waals surface area contributed by atoms with Crippen LogP contribution in [0.1, 0.15) is 39.9 Å². The van der Waals surface area contributed by atoms with Crippen molar-refractivity contribution in [2.24, 2.45) is 5.92 Å². The van der Waals surface area contributed by atoms with E-state index in [2.05, 4.69) is 29.6 Å². The molecule has 2 aromatic carbocycles. The third-order valence-corrected chi connectivity index (χ3v) is 4.78. The van der Waals surface area contributed by atoms with Crippen LogP contribution in [0.4, 0.5) is 5.69 Å². The van der Waals surface area contributed by atoms with Crippen molar-refractivity contribution in [2.45, 2.75) is 18.4 Å². The van der Waals surface area contributed by atoms with Crippen molar-refractivity contribution in [3.05, 3.63) is 77.4 Å². The van der Waals surface area contributed by atoms with Gasteiger partial charge in [-0.05, 0) is 23.5 Å². The summed E-state index contributed by atoms with van der Waals surface area (Å²) in [6, 6.07) is 15.8. The molecule has 3 nitrogen and oxygen atoms in total. The average Bonchev–Trinajstić information content (AvgIpc) is 3.04. The molecule has 2 aromatic rings. The lowest BCUT2D eigenvalue weighted by Gasteiger charge is -2.38. The minimum Gasteiger partial charge on any atom is -0.545 e. The highest BCUT2D eigenvalue weighted by Gasteiger charge is 2.38. The van der Waals surface area contributed by atoms with Crippen LogP contribution in [-0.2, 0) is 0 Å². The summed E-state index contributed by atoms with van der Waals surface area (Å²) in [5.74, 6) is -0.441. The molecule has 0 amide bonds. The molecule has 1 N–H and O–H groups in total. The maximum atomic E-state index is 11.4. The SMILES string of the molecule is O=C([O-])c1cccc2c1N[C@@H](c1ccccc1)[C@@H]1CC=C[C@H]21. The fourth-order valence-corrected chi connectivity index (χ4v) is 3.78. The Bertz CT molecular complexity index is 751. The molecular formula is C19H16NO2-. The molecule has 1 heterocycles. The summed E-state index contributed by atoms with van der Waals surface area (Å²) >= 11 is 0. The zero-order valence-electron chi connectivity index (χ0n) is 12.0. The number of para-hydroxylation sites is 1. The molecule has 0 saturated heterocycles. The number of fused-ring (bicyclic) bond motifs is 3. The highest BCUT2D eigenvalue weighted by molar-refractivity contribution is 5.94. The van der Waals surface area contributed by atoms with Crippen molar-refractivity contribution in [3.8, 4) is 0 Å². The number of allylic oxidation sites excluding steroid dienone is 2. The summed E-state index contributed by atoms with van der Waals surface area (Å²) in [5, 5.41) is 14.9. The van der Waals surface area contributed by atoms with Crippen LogP contribution in [0.3, 0.4) is 0 Å². The third-order valence-electron chi connectivity index (χ3n) is 4.78. The van der Waals surface area contributed by atoms with Crippen LogP contribution in [0, 0.1) is 5.92 Å². The number of hydrogen-bond acceptors (Lipinski definition) is 3. The Balaban J connectivity index is 1.85. The molecule has 0 aromatic heterocycles. The minimum atomic E-state index is -1.13. The lowest BCUT2D eigenvalue weighted by molar-refractivity contribution is -0.254. The van der Waals surface area contributed by atoms with Crippen molar-refractivity contribution in [3.63, 3.8) is 0 Å². The van der Waals surface area contributed by atoms with Crippen molar-refractivity contribution in [2.75, 3.05) is 5.32 Å². The van der Waals surface area contributed by atoms with Gasteiger partial charge in [0.1, 0.15) is 0 Å². The quantitative estimate of drug-likeness (QED) is 0.865. The Labute approximate surface area is 129 Å². The number of carbonyl (C=O) groups is 1. The lowest BCUT2D eigenvalue weighted by atomic mass is 9.76. The van der Waals surface area contributed by atoms with Crippen LogP contribution in [0.25, 0.3) is 0 Å². The van der Waals surface area contributed by atoms with Gasteiger partial charge in [-0.2, -0.15) is 0 Å². The normalized spacial score (nSPS) is 25.2. The summed E-state index contributed by atoms with van der Waals surface area (Å²) in [7, 11) is 0. The molecule has 0 unspecified atom stereocenters. The molecule has 0 radical (unpaired) electrons. The molecular weight excluding hydrogens is 274 g/mol. The fourth-order valence-electron chi connectivity index (χ4n) is 3.78. The Morgan fingerprint density at radius 2 is 1.91 bits per heavy atom. The third kappa shape index (κ3) is 1.93.